The Balaban J connectivity index is 1.95. The van der Waals surface area contributed by atoms with Crippen LogP contribution in [0.1, 0.15) is 25.3 Å². The van der Waals surface area contributed by atoms with Crippen molar-refractivity contribution in [3.63, 3.8) is 0 Å². The predicted octanol–water partition coefficient (Wildman–Crippen LogP) is 3.15. The van der Waals surface area contributed by atoms with Crippen LogP contribution in [0.25, 0.3) is 6.08 Å². The van der Waals surface area contributed by atoms with Gasteiger partial charge in [0.05, 0.1) is 12.5 Å². The molecule has 0 aromatic heterocycles. The van der Waals surface area contributed by atoms with Crippen molar-refractivity contribution in [3.05, 3.63) is 40.9 Å². The number of hydrogen-bond acceptors (Lipinski definition) is 3. The predicted molar refractivity (Wildman–Crippen MR) is 86.4 cm³/mol. The van der Waals surface area contributed by atoms with E-state index in [0.29, 0.717) is 24.7 Å². The number of esters is 1. The van der Waals surface area contributed by atoms with Crippen molar-refractivity contribution in [2.75, 3.05) is 19.7 Å². The molecule has 1 unspecified atom stereocenters. The van der Waals surface area contributed by atoms with Gasteiger partial charge in [-0.05, 0) is 43.5 Å². The molecule has 1 amide bonds. The number of piperidine rings is 1. The van der Waals surface area contributed by atoms with Gasteiger partial charge in [-0.2, -0.15) is 0 Å². The summed E-state index contributed by atoms with van der Waals surface area (Å²) in [5.74, 6) is -0.509. The molecular formula is C17H20ClNO3. The molecule has 1 heterocycles. The third-order valence-electron chi connectivity index (χ3n) is 3.62. The minimum Gasteiger partial charge on any atom is -0.466 e. The lowest BCUT2D eigenvalue weighted by Crippen LogP contribution is -2.42. The molecule has 22 heavy (non-hydrogen) atoms. The second-order valence-corrected chi connectivity index (χ2v) is 5.70. The number of hydrogen-bond donors (Lipinski definition) is 0. The molecule has 1 aromatic rings. The molecule has 1 atom stereocenters. The topological polar surface area (TPSA) is 46.6 Å². The molecule has 118 valence electrons. The maximum atomic E-state index is 12.2. The van der Waals surface area contributed by atoms with Gasteiger partial charge in [-0.15, -0.1) is 0 Å². The molecule has 0 N–H and O–H groups in total. The van der Waals surface area contributed by atoms with E-state index < -0.39 is 0 Å². The van der Waals surface area contributed by atoms with Crippen molar-refractivity contribution in [3.8, 4) is 0 Å². The van der Waals surface area contributed by atoms with Crippen LogP contribution in [-0.2, 0) is 14.3 Å². The van der Waals surface area contributed by atoms with E-state index in [-0.39, 0.29) is 17.8 Å². The molecule has 0 radical (unpaired) electrons. The van der Waals surface area contributed by atoms with E-state index in [9.17, 15) is 9.59 Å². The largest absolute Gasteiger partial charge is 0.466 e. The average Bonchev–Trinajstić information content (AvgIpc) is 2.53. The average molecular weight is 322 g/mol. The van der Waals surface area contributed by atoms with Crippen LogP contribution < -0.4 is 0 Å². The van der Waals surface area contributed by atoms with Gasteiger partial charge in [-0.3, -0.25) is 9.59 Å². The molecule has 0 bridgehead atoms. The van der Waals surface area contributed by atoms with Crippen LogP contribution in [-0.4, -0.2) is 36.5 Å². The monoisotopic (exact) mass is 321 g/mol. The molecule has 0 spiro atoms. The number of nitrogens with zero attached hydrogens (tertiary/aromatic N) is 1. The van der Waals surface area contributed by atoms with Gasteiger partial charge in [0, 0.05) is 24.2 Å². The number of halogens is 1. The van der Waals surface area contributed by atoms with Gasteiger partial charge in [0.2, 0.25) is 5.91 Å². The zero-order valence-electron chi connectivity index (χ0n) is 12.6. The molecule has 2 rings (SSSR count). The summed E-state index contributed by atoms with van der Waals surface area (Å²) in [5, 5.41) is 0.634. The summed E-state index contributed by atoms with van der Waals surface area (Å²) in [6, 6.07) is 7.30. The van der Waals surface area contributed by atoms with E-state index in [1.807, 2.05) is 12.1 Å². The second kappa shape index (κ2) is 7.99. The van der Waals surface area contributed by atoms with E-state index in [0.717, 1.165) is 18.4 Å². The highest BCUT2D eigenvalue weighted by molar-refractivity contribution is 6.30. The highest BCUT2D eigenvalue weighted by Gasteiger charge is 2.28. The number of carbonyl (C=O) groups excluding carboxylic acids is 2. The van der Waals surface area contributed by atoms with Gasteiger partial charge < -0.3 is 9.64 Å². The molecule has 4 nitrogen and oxygen atoms in total. The maximum Gasteiger partial charge on any atom is 0.310 e. The maximum absolute atomic E-state index is 12.2. The van der Waals surface area contributed by atoms with E-state index in [1.165, 1.54) is 6.08 Å². The summed E-state index contributed by atoms with van der Waals surface area (Å²) in [5.41, 5.74) is 0.875. The molecule has 1 saturated heterocycles. The highest BCUT2D eigenvalue weighted by Crippen LogP contribution is 2.19. The van der Waals surface area contributed by atoms with Crippen molar-refractivity contribution >= 4 is 29.6 Å². The first-order chi connectivity index (χ1) is 10.6. The fraction of sp³-hybridized carbons (Fsp3) is 0.412. The van der Waals surface area contributed by atoms with Crippen LogP contribution in [0, 0.1) is 5.92 Å². The van der Waals surface area contributed by atoms with Gasteiger partial charge in [0.1, 0.15) is 0 Å². The Morgan fingerprint density at radius 2 is 2.27 bits per heavy atom. The molecule has 5 heteroatoms. The number of carbonyl (C=O) groups is 2. The molecule has 1 aliphatic heterocycles. The number of amides is 1. The van der Waals surface area contributed by atoms with E-state index in [2.05, 4.69) is 0 Å². The van der Waals surface area contributed by atoms with Gasteiger partial charge >= 0.3 is 5.97 Å². The van der Waals surface area contributed by atoms with Crippen LogP contribution in [0.2, 0.25) is 5.02 Å². The highest BCUT2D eigenvalue weighted by atomic mass is 35.5. The Morgan fingerprint density at radius 3 is 3.00 bits per heavy atom. The first-order valence-corrected chi connectivity index (χ1v) is 7.87. The van der Waals surface area contributed by atoms with E-state index >= 15 is 0 Å². The van der Waals surface area contributed by atoms with E-state index in [1.54, 1.807) is 30.0 Å². The standard InChI is InChI=1S/C17H20ClNO3/c1-2-22-17(21)14-6-4-10-19(12-14)16(20)9-8-13-5-3-7-15(18)11-13/h3,5,7-9,11,14H,2,4,6,10,12H2,1H3/b9-8+. The number of benzene rings is 1. The van der Waals surface area contributed by atoms with E-state index in [4.69, 9.17) is 16.3 Å². The Kier molecular flexibility index (Phi) is 6.01. The third kappa shape index (κ3) is 4.60. The van der Waals surface area contributed by atoms with Crippen LogP contribution in [0.4, 0.5) is 0 Å². The normalized spacial score (nSPS) is 18.5. The van der Waals surface area contributed by atoms with Gasteiger partial charge in [-0.25, -0.2) is 0 Å². The van der Waals surface area contributed by atoms with Crippen molar-refractivity contribution in [1.29, 1.82) is 0 Å². The molecular weight excluding hydrogens is 302 g/mol. The van der Waals surface area contributed by atoms with Gasteiger partial charge in [0.25, 0.3) is 0 Å². The summed E-state index contributed by atoms with van der Waals surface area (Å²) >= 11 is 5.91. The van der Waals surface area contributed by atoms with Crippen LogP contribution in [0.3, 0.4) is 0 Å². The van der Waals surface area contributed by atoms with Crippen LogP contribution in [0.5, 0.6) is 0 Å². The van der Waals surface area contributed by atoms with Crippen molar-refractivity contribution < 1.29 is 14.3 Å². The van der Waals surface area contributed by atoms with Crippen LogP contribution in [0.15, 0.2) is 30.3 Å². The molecule has 0 aliphatic carbocycles. The Bertz CT molecular complexity index is 571. The zero-order valence-corrected chi connectivity index (χ0v) is 13.4. The van der Waals surface area contributed by atoms with Crippen molar-refractivity contribution in [1.82, 2.24) is 4.90 Å². The second-order valence-electron chi connectivity index (χ2n) is 5.26. The SMILES string of the molecule is CCOC(=O)C1CCCN(C(=O)/C=C/c2cccc(Cl)c2)C1. The summed E-state index contributed by atoms with van der Waals surface area (Å²) in [4.78, 5) is 25.7. The van der Waals surface area contributed by atoms with Crippen LogP contribution >= 0.6 is 11.6 Å². The summed E-state index contributed by atoms with van der Waals surface area (Å²) in [7, 11) is 0. The lowest BCUT2D eigenvalue weighted by atomic mass is 9.98. The Hall–Kier alpha value is -1.81. The van der Waals surface area contributed by atoms with Gasteiger partial charge in [0.15, 0.2) is 0 Å². The first-order valence-electron chi connectivity index (χ1n) is 7.49. The summed E-state index contributed by atoms with van der Waals surface area (Å²) in [6.07, 6.45) is 4.86. The number of ether oxygens (including phenoxy) is 1. The third-order valence-corrected chi connectivity index (χ3v) is 3.86. The molecule has 0 saturated carbocycles. The fourth-order valence-electron chi connectivity index (χ4n) is 2.51. The quantitative estimate of drug-likeness (QED) is 0.632. The lowest BCUT2D eigenvalue weighted by molar-refractivity contribution is -0.150. The lowest BCUT2D eigenvalue weighted by Gasteiger charge is -2.30. The van der Waals surface area contributed by atoms with Gasteiger partial charge in [-0.1, -0.05) is 23.7 Å². The first kappa shape index (κ1) is 16.6. The fourth-order valence-corrected chi connectivity index (χ4v) is 2.71. The summed E-state index contributed by atoms with van der Waals surface area (Å²) < 4.78 is 5.04. The van der Waals surface area contributed by atoms with Crippen molar-refractivity contribution in [2.24, 2.45) is 5.92 Å². The molecule has 1 aliphatic rings. The molecule has 1 aromatic carbocycles. The minimum atomic E-state index is -0.211. The molecule has 1 fully saturated rings. The summed E-state index contributed by atoms with van der Waals surface area (Å²) in [6.45, 7) is 3.27. The minimum absolute atomic E-state index is 0.0889. The smallest absolute Gasteiger partial charge is 0.310 e. The number of rotatable bonds is 4. The zero-order chi connectivity index (χ0) is 15.9. The Labute approximate surface area is 135 Å². The Morgan fingerprint density at radius 1 is 1.45 bits per heavy atom. The number of likely N-dealkylation sites (tertiary alicyclic amines) is 1. The van der Waals surface area contributed by atoms with Crippen molar-refractivity contribution in [2.45, 2.75) is 19.8 Å².